The first-order chi connectivity index (χ1) is 8.66. The minimum absolute atomic E-state index is 0.322. The van der Waals surface area contributed by atoms with Gasteiger partial charge in [-0.15, -0.1) is 0 Å². The molecule has 0 aromatic carbocycles. The molecule has 0 saturated heterocycles. The van der Waals surface area contributed by atoms with Gasteiger partial charge < -0.3 is 4.90 Å². The number of hydrogen-bond donors (Lipinski definition) is 0. The molecule has 0 radical (unpaired) electrons. The van der Waals surface area contributed by atoms with E-state index in [0.29, 0.717) is 11.8 Å². The minimum atomic E-state index is 0.322. The molecule has 0 spiro atoms. The van der Waals surface area contributed by atoms with E-state index in [4.69, 9.17) is 0 Å². The van der Waals surface area contributed by atoms with Crippen molar-refractivity contribution in [2.75, 3.05) is 14.1 Å². The molecule has 2 fully saturated rings. The molecule has 18 heavy (non-hydrogen) atoms. The summed E-state index contributed by atoms with van der Waals surface area (Å²) < 4.78 is 0. The van der Waals surface area contributed by atoms with Gasteiger partial charge in [-0.2, -0.15) is 0 Å². The van der Waals surface area contributed by atoms with E-state index in [9.17, 15) is 4.79 Å². The Bertz CT molecular complexity index is 260. The summed E-state index contributed by atoms with van der Waals surface area (Å²) in [4.78, 5) is 13.7. The Morgan fingerprint density at radius 2 is 1.44 bits per heavy atom. The molecule has 104 valence electrons. The SMILES string of the molecule is CN(C)C(=O)C1CCC(CC2CCCCC2)CC1. The molecule has 0 aliphatic heterocycles. The molecule has 0 aromatic rings. The van der Waals surface area contributed by atoms with Gasteiger partial charge in [-0.25, -0.2) is 0 Å². The summed E-state index contributed by atoms with van der Waals surface area (Å²) in [5.74, 6) is 2.60. The van der Waals surface area contributed by atoms with Crippen LogP contribution < -0.4 is 0 Å². The van der Waals surface area contributed by atoms with Crippen molar-refractivity contribution < 1.29 is 4.79 Å². The van der Waals surface area contributed by atoms with Crippen LogP contribution in [0.25, 0.3) is 0 Å². The molecular weight excluding hydrogens is 222 g/mol. The average Bonchev–Trinajstić information content (AvgIpc) is 2.40. The number of rotatable bonds is 3. The van der Waals surface area contributed by atoms with Crippen molar-refractivity contribution in [2.24, 2.45) is 17.8 Å². The fourth-order valence-electron chi connectivity index (χ4n) is 3.90. The van der Waals surface area contributed by atoms with Gasteiger partial charge >= 0.3 is 0 Å². The van der Waals surface area contributed by atoms with E-state index >= 15 is 0 Å². The third-order valence-corrected chi connectivity index (χ3v) is 5.03. The maximum absolute atomic E-state index is 11.9. The van der Waals surface area contributed by atoms with Crippen molar-refractivity contribution in [2.45, 2.75) is 64.2 Å². The second-order valence-electron chi connectivity index (χ2n) is 6.69. The molecule has 2 heteroatoms. The zero-order chi connectivity index (χ0) is 13.0. The Labute approximate surface area is 112 Å². The molecule has 2 aliphatic rings. The summed E-state index contributed by atoms with van der Waals surface area (Å²) in [6.07, 6.45) is 13.6. The molecule has 0 heterocycles. The smallest absolute Gasteiger partial charge is 0.225 e. The standard InChI is InChI=1S/C16H29NO/c1-17(2)16(18)15-10-8-14(9-11-15)12-13-6-4-3-5-7-13/h13-15H,3-12H2,1-2H3. The third kappa shape index (κ3) is 3.73. The van der Waals surface area contributed by atoms with E-state index < -0.39 is 0 Å². The van der Waals surface area contributed by atoms with Crippen LogP contribution in [-0.4, -0.2) is 24.9 Å². The highest BCUT2D eigenvalue weighted by atomic mass is 16.2. The molecule has 0 bridgehead atoms. The predicted octanol–water partition coefficient (Wildman–Crippen LogP) is 3.85. The van der Waals surface area contributed by atoms with E-state index in [1.54, 1.807) is 4.90 Å². The topological polar surface area (TPSA) is 20.3 Å². The van der Waals surface area contributed by atoms with Gasteiger partial charge in [-0.05, 0) is 43.9 Å². The normalized spacial score (nSPS) is 30.1. The van der Waals surface area contributed by atoms with E-state index in [1.165, 1.54) is 51.4 Å². The van der Waals surface area contributed by atoms with Crippen molar-refractivity contribution in [1.29, 1.82) is 0 Å². The molecule has 2 saturated carbocycles. The Morgan fingerprint density at radius 1 is 0.889 bits per heavy atom. The Morgan fingerprint density at radius 3 is 2.00 bits per heavy atom. The van der Waals surface area contributed by atoms with Crippen molar-refractivity contribution in [1.82, 2.24) is 4.90 Å². The molecule has 0 unspecified atom stereocenters. The van der Waals surface area contributed by atoms with E-state index in [2.05, 4.69) is 0 Å². The summed E-state index contributed by atoms with van der Waals surface area (Å²) >= 11 is 0. The summed E-state index contributed by atoms with van der Waals surface area (Å²) in [5, 5.41) is 0. The van der Waals surface area contributed by atoms with Gasteiger partial charge in [-0.1, -0.05) is 32.1 Å². The molecule has 0 N–H and O–H groups in total. The van der Waals surface area contributed by atoms with Crippen LogP contribution in [0.4, 0.5) is 0 Å². The number of hydrogen-bond acceptors (Lipinski definition) is 1. The number of carbonyl (C=O) groups is 1. The summed E-state index contributed by atoms with van der Waals surface area (Å²) in [7, 11) is 3.77. The molecule has 2 nitrogen and oxygen atoms in total. The van der Waals surface area contributed by atoms with Gasteiger partial charge in [-0.3, -0.25) is 4.79 Å². The van der Waals surface area contributed by atoms with Gasteiger partial charge in [0.15, 0.2) is 0 Å². The Kier molecular flexibility index (Phi) is 5.08. The van der Waals surface area contributed by atoms with E-state index in [-0.39, 0.29) is 0 Å². The Hall–Kier alpha value is -0.530. The van der Waals surface area contributed by atoms with Crippen LogP contribution in [0.2, 0.25) is 0 Å². The molecule has 1 amide bonds. The average molecular weight is 251 g/mol. The lowest BCUT2D eigenvalue weighted by atomic mass is 9.75. The monoisotopic (exact) mass is 251 g/mol. The van der Waals surface area contributed by atoms with Crippen LogP contribution in [0.15, 0.2) is 0 Å². The zero-order valence-corrected chi connectivity index (χ0v) is 12.2. The first-order valence-corrected chi connectivity index (χ1v) is 7.88. The first-order valence-electron chi connectivity index (χ1n) is 7.88. The molecule has 0 aromatic heterocycles. The summed E-state index contributed by atoms with van der Waals surface area (Å²) in [6, 6.07) is 0. The molecular formula is C16H29NO. The summed E-state index contributed by atoms with van der Waals surface area (Å²) in [5.41, 5.74) is 0. The number of carbonyl (C=O) groups excluding carboxylic acids is 1. The maximum Gasteiger partial charge on any atom is 0.225 e. The molecule has 2 aliphatic carbocycles. The van der Waals surface area contributed by atoms with Crippen molar-refractivity contribution in [3.8, 4) is 0 Å². The largest absolute Gasteiger partial charge is 0.349 e. The van der Waals surface area contributed by atoms with Crippen molar-refractivity contribution >= 4 is 5.91 Å². The van der Waals surface area contributed by atoms with E-state index in [0.717, 1.165) is 24.7 Å². The van der Waals surface area contributed by atoms with Gasteiger partial charge in [0.1, 0.15) is 0 Å². The lowest BCUT2D eigenvalue weighted by Crippen LogP contribution is -2.32. The summed E-state index contributed by atoms with van der Waals surface area (Å²) in [6.45, 7) is 0. The second kappa shape index (κ2) is 6.58. The van der Waals surface area contributed by atoms with Crippen LogP contribution in [-0.2, 0) is 4.79 Å². The fourth-order valence-corrected chi connectivity index (χ4v) is 3.90. The van der Waals surface area contributed by atoms with Gasteiger partial charge in [0.25, 0.3) is 0 Å². The lowest BCUT2D eigenvalue weighted by molar-refractivity contribution is -0.134. The molecule has 2 rings (SSSR count). The fraction of sp³-hybridized carbons (Fsp3) is 0.938. The highest BCUT2D eigenvalue weighted by molar-refractivity contribution is 5.78. The Balaban J connectivity index is 1.71. The zero-order valence-electron chi connectivity index (χ0n) is 12.2. The van der Waals surface area contributed by atoms with Crippen LogP contribution in [0, 0.1) is 17.8 Å². The third-order valence-electron chi connectivity index (χ3n) is 5.03. The van der Waals surface area contributed by atoms with Crippen LogP contribution >= 0.6 is 0 Å². The highest BCUT2D eigenvalue weighted by Gasteiger charge is 2.28. The lowest BCUT2D eigenvalue weighted by Gasteiger charge is -2.32. The van der Waals surface area contributed by atoms with E-state index in [1.807, 2.05) is 14.1 Å². The van der Waals surface area contributed by atoms with Crippen LogP contribution in [0.1, 0.15) is 64.2 Å². The van der Waals surface area contributed by atoms with Gasteiger partial charge in [0.05, 0.1) is 0 Å². The van der Waals surface area contributed by atoms with Crippen molar-refractivity contribution in [3.63, 3.8) is 0 Å². The number of amides is 1. The maximum atomic E-state index is 11.9. The predicted molar refractivity (Wildman–Crippen MR) is 75.3 cm³/mol. The minimum Gasteiger partial charge on any atom is -0.349 e. The molecule has 0 atom stereocenters. The van der Waals surface area contributed by atoms with Gasteiger partial charge in [0, 0.05) is 20.0 Å². The van der Waals surface area contributed by atoms with Crippen LogP contribution in [0.3, 0.4) is 0 Å². The second-order valence-corrected chi connectivity index (χ2v) is 6.69. The highest BCUT2D eigenvalue weighted by Crippen LogP contribution is 2.37. The van der Waals surface area contributed by atoms with Crippen molar-refractivity contribution in [3.05, 3.63) is 0 Å². The van der Waals surface area contributed by atoms with Gasteiger partial charge in [0.2, 0.25) is 5.91 Å². The van der Waals surface area contributed by atoms with Crippen LogP contribution in [0.5, 0.6) is 0 Å². The quantitative estimate of drug-likeness (QED) is 0.746. The number of nitrogens with zero attached hydrogens (tertiary/aromatic N) is 1. The first kappa shape index (κ1) is 13.9.